The van der Waals surface area contributed by atoms with E-state index in [4.69, 9.17) is 4.74 Å². The molecular weight excluding hydrogens is 316 g/mol. The third kappa shape index (κ3) is 7.00. The predicted octanol–water partition coefficient (Wildman–Crippen LogP) is 2.33. The van der Waals surface area contributed by atoms with E-state index in [1.165, 1.54) is 4.31 Å². The van der Waals surface area contributed by atoms with Crippen LogP contribution in [0.15, 0.2) is 24.3 Å². The Morgan fingerprint density at radius 1 is 1.30 bits per heavy atom. The minimum absolute atomic E-state index is 0.0975. The fourth-order valence-corrected chi connectivity index (χ4v) is 3.08. The van der Waals surface area contributed by atoms with E-state index in [0.717, 1.165) is 6.26 Å². The van der Waals surface area contributed by atoms with Crippen molar-refractivity contribution in [2.24, 2.45) is 5.92 Å². The number of benzene rings is 1. The van der Waals surface area contributed by atoms with Gasteiger partial charge in [0.05, 0.1) is 18.6 Å². The predicted molar refractivity (Wildman–Crippen MR) is 92.1 cm³/mol. The Bertz CT molecular complexity index is 614. The van der Waals surface area contributed by atoms with Crippen LogP contribution in [0.3, 0.4) is 0 Å². The van der Waals surface area contributed by atoms with Crippen molar-refractivity contribution >= 4 is 21.6 Å². The summed E-state index contributed by atoms with van der Waals surface area (Å²) in [5.41, 5.74) is 0.592. The Morgan fingerprint density at radius 2 is 1.96 bits per heavy atom. The van der Waals surface area contributed by atoms with Crippen molar-refractivity contribution in [3.63, 3.8) is 0 Å². The van der Waals surface area contributed by atoms with Gasteiger partial charge in [-0.2, -0.15) is 0 Å². The van der Waals surface area contributed by atoms with Gasteiger partial charge in [-0.1, -0.05) is 26.0 Å². The van der Waals surface area contributed by atoms with Crippen molar-refractivity contribution in [3.8, 4) is 5.75 Å². The molecule has 130 valence electrons. The molecule has 0 aliphatic carbocycles. The first kappa shape index (κ1) is 19.4. The van der Waals surface area contributed by atoms with E-state index >= 15 is 0 Å². The molecule has 1 N–H and O–H groups in total. The van der Waals surface area contributed by atoms with Gasteiger partial charge in [0.15, 0.2) is 0 Å². The van der Waals surface area contributed by atoms with Crippen LogP contribution in [0.5, 0.6) is 5.75 Å². The van der Waals surface area contributed by atoms with Crippen LogP contribution in [0.2, 0.25) is 0 Å². The Hall–Kier alpha value is -1.60. The van der Waals surface area contributed by atoms with Gasteiger partial charge in [-0.05, 0) is 25.0 Å². The van der Waals surface area contributed by atoms with Crippen LogP contribution >= 0.6 is 0 Å². The van der Waals surface area contributed by atoms with E-state index in [9.17, 15) is 13.2 Å². The van der Waals surface area contributed by atoms with E-state index in [0.29, 0.717) is 24.6 Å². The SMILES string of the molecule is CCOc1ccccc1NC(=O)CCN(CC(C)C)S(C)(=O)=O. The number of rotatable bonds is 9. The Kier molecular flexibility index (Phi) is 7.51. The number of para-hydroxylation sites is 2. The molecule has 0 aliphatic rings. The minimum Gasteiger partial charge on any atom is -0.492 e. The quantitative estimate of drug-likeness (QED) is 0.747. The van der Waals surface area contributed by atoms with Gasteiger partial charge in [-0.25, -0.2) is 12.7 Å². The lowest BCUT2D eigenvalue weighted by atomic mass is 10.2. The maximum atomic E-state index is 12.1. The van der Waals surface area contributed by atoms with Crippen LogP contribution in [0.4, 0.5) is 5.69 Å². The zero-order valence-electron chi connectivity index (χ0n) is 14.2. The lowest BCUT2D eigenvalue weighted by Crippen LogP contribution is -2.35. The van der Waals surface area contributed by atoms with Gasteiger partial charge < -0.3 is 10.1 Å². The number of hydrogen-bond donors (Lipinski definition) is 1. The first-order chi connectivity index (χ1) is 10.7. The summed E-state index contributed by atoms with van der Waals surface area (Å²) in [4.78, 5) is 12.1. The van der Waals surface area contributed by atoms with Crippen LogP contribution in [-0.2, 0) is 14.8 Å². The molecule has 0 fully saturated rings. The number of nitrogens with zero attached hydrogens (tertiary/aromatic N) is 1. The van der Waals surface area contributed by atoms with Gasteiger partial charge in [0.2, 0.25) is 15.9 Å². The average molecular weight is 342 g/mol. The summed E-state index contributed by atoms with van der Waals surface area (Å²) in [5, 5.41) is 2.77. The summed E-state index contributed by atoms with van der Waals surface area (Å²) >= 11 is 0. The Morgan fingerprint density at radius 3 is 2.52 bits per heavy atom. The van der Waals surface area contributed by atoms with Crippen LogP contribution in [-0.4, -0.2) is 44.6 Å². The molecule has 0 heterocycles. The van der Waals surface area contributed by atoms with E-state index in [1.54, 1.807) is 18.2 Å². The maximum absolute atomic E-state index is 12.1. The highest BCUT2D eigenvalue weighted by Crippen LogP contribution is 2.23. The highest BCUT2D eigenvalue weighted by molar-refractivity contribution is 7.88. The normalized spacial score (nSPS) is 11.7. The summed E-state index contributed by atoms with van der Waals surface area (Å²) in [6.07, 6.45) is 1.26. The molecule has 0 spiro atoms. The standard InChI is InChI=1S/C16H26N2O4S/c1-5-22-15-9-7-6-8-14(15)17-16(19)10-11-18(12-13(2)3)23(4,20)21/h6-9,13H,5,10-12H2,1-4H3,(H,17,19). The number of anilines is 1. The van der Waals surface area contributed by atoms with Gasteiger partial charge in [0, 0.05) is 19.5 Å². The number of sulfonamides is 1. The summed E-state index contributed by atoms with van der Waals surface area (Å²) in [5.74, 6) is 0.562. The summed E-state index contributed by atoms with van der Waals surface area (Å²) in [6.45, 7) is 6.83. The zero-order chi connectivity index (χ0) is 17.5. The van der Waals surface area contributed by atoms with Crippen molar-refractivity contribution in [1.82, 2.24) is 4.31 Å². The molecule has 6 nitrogen and oxygen atoms in total. The van der Waals surface area contributed by atoms with Gasteiger partial charge in [-0.3, -0.25) is 4.79 Å². The highest BCUT2D eigenvalue weighted by atomic mass is 32.2. The lowest BCUT2D eigenvalue weighted by molar-refractivity contribution is -0.116. The summed E-state index contributed by atoms with van der Waals surface area (Å²) < 4.78 is 30.3. The largest absolute Gasteiger partial charge is 0.492 e. The van der Waals surface area contributed by atoms with Gasteiger partial charge in [0.1, 0.15) is 5.75 Å². The monoisotopic (exact) mass is 342 g/mol. The van der Waals surface area contributed by atoms with Crippen LogP contribution in [0.25, 0.3) is 0 Å². The molecule has 1 amide bonds. The van der Waals surface area contributed by atoms with Crippen molar-refractivity contribution in [2.75, 3.05) is 31.3 Å². The molecule has 0 saturated carbocycles. The second-order valence-electron chi connectivity index (χ2n) is 5.74. The molecule has 0 atom stereocenters. The number of carbonyl (C=O) groups excluding carboxylic acids is 1. The topological polar surface area (TPSA) is 75.7 Å². The zero-order valence-corrected chi connectivity index (χ0v) is 15.0. The number of carbonyl (C=O) groups is 1. The maximum Gasteiger partial charge on any atom is 0.225 e. The molecule has 0 saturated heterocycles. The van der Waals surface area contributed by atoms with Crippen LogP contribution in [0.1, 0.15) is 27.2 Å². The smallest absolute Gasteiger partial charge is 0.225 e. The second kappa shape index (κ2) is 8.88. The fourth-order valence-electron chi connectivity index (χ4n) is 2.09. The molecule has 23 heavy (non-hydrogen) atoms. The first-order valence-electron chi connectivity index (χ1n) is 7.70. The molecule has 0 aliphatic heterocycles. The number of nitrogens with one attached hydrogen (secondary N) is 1. The van der Waals surface area contributed by atoms with Crippen molar-refractivity contribution in [1.29, 1.82) is 0 Å². The van der Waals surface area contributed by atoms with Gasteiger partial charge in [-0.15, -0.1) is 0 Å². The number of hydrogen-bond acceptors (Lipinski definition) is 4. The Balaban J connectivity index is 2.66. The van der Waals surface area contributed by atoms with Crippen molar-refractivity contribution in [3.05, 3.63) is 24.3 Å². The third-order valence-electron chi connectivity index (χ3n) is 3.09. The van der Waals surface area contributed by atoms with Crippen LogP contribution < -0.4 is 10.1 Å². The minimum atomic E-state index is -3.32. The third-order valence-corrected chi connectivity index (χ3v) is 4.36. The first-order valence-corrected chi connectivity index (χ1v) is 9.55. The molecule has 7 heteroatoms. The Labute approximate surface area is 138 Å². The molecular formula is C16H26N2O4S. The highest BCUT2D eigenvalue weighted by Gasteiger charge is 2.19. The lowest BCUT2D eigenvalue weighted by Gasteiger charge is -2.21. The number of ether oxygens (including phenoxy) is 1. The summed E-state index contributed by atoms with van der Waals surface area (Å²) in [6, 6.07) is 7.17. The molecule has 0 unspecified atom stereocenters. The molecule has 0 radical (unpaired) electrons. The van der Waals surface area contributed by atoms with Crippen molar-refractivity contribution in [2.45, 2.75) is 27.2 Å². The second-order valence-corrected chi connectivity index (χ2v) is 7.72. The van der Waals surface area contributed by atoms with Crippen molar-refractivity contribution < 1.29 is 17.9 Å². The van der Waals surface area contributed by atoms with E-state index in [2.05, 4.69) is 5.32 Å². The molecule has 0 bridgehead atoms. The molecule has 1 aromatic rings. The molecule has 0 aromatic heterocycles. The summed E-state index contributed by atoms with van der Waals surface area (Å²) in [7, 11) is -3.32. The van der Waals surface area contributed by atoms with E-state index in [1.807, 2.05) is 26.8 Å². The average Bonchev–Trinajstić information content (AvgIpc) is 2.44. The number of amides is 1. The van der Waals surface area contributed by atoms with Gasteiger partial charge >= 0.3 is 0 Å². The van der Waals surface area contributed by atoms with Gasteiger partial charge in [0.25, 0.3) is 0 Å². The van der Waals surface area contributed by atoms with E-state index in [-0.39, 0.29) is 24.8 Å². The molecule has 1 aromatic carbocycles. The van der Waals surface area contributed by atoms with Crippen LogP contribution in [0, 0.1) is 5.92 Å². The molecule has 1 rings (SSSR count). The fraction of sp³-hybridized carbons (Fsp3) is 0.562. The van der Waals surface area contributed by atoms with E-state index < -0.39 is 10.0 Å².